The van der Waals surface area contributed by atoms with E-state index in [4.69, 9.17) is 4.74 Å². The zero-order valence-electron chi connectivity index (χ0n) is 17.3. The summed E-state index contributed by atoms with van der Waals surface area (Å²) in [5.74, 6) is -1.80. The molecule has 162 valence electrons. The van der Waals surface area contributed by atoms with Crippen LogP contribution in [0.4, 0.5) is 4.79 Å². The highest BCUT2D eigenvalue weighted by Crippen LogP contribution is 2.32. The number of hydrogen-bond donors (Lipinski definition) is 2. The number of amides is 4. The standard InChI is InChI=1S/C23H25N3O5/c1-2-23(18-11-7-4-8-12-18)21(29)26(22(30)25-23)15-20(28)31-16-19(27)24-14-13-17-9-5-3-6-10-17/h3-12H,2,13-16H2,1H3,(H,24,27)(H,25,30). The number of nitrogens with zero attached hydrogens (tertiary/aromatic N) is 1. The number of carbonyl (C=O) groups excluding carboxylic acids is 4. The van der Waals surface area contributed by atoms with Crippen molar-refractivity contribution in [3.63, 3.8) is 0 Å². The topological polar surface area (TPSA) is 105 Å². The van der Waals surface area contributed by atoms with Crippen molar-refractivity contribution in [1.29, 1.82) is 0 Å². The van der Waals surface area contributed by atoms with E-state index < -0.39 is 42.5 Å². The molecule has 1 aliphatic rings. The van der Waals surface area contributed by atoms with Crippen molar-refractivity contribution in [1.82, 2.24) is 15.5 Å². The fourth-order valence-electron chi connectivity index (χ4n) is 3.49. The van der Waals surface area contributed by atoms with Gasteiger partial charge in [0.15, 0.2) is 6.61 Å². The van der Waals surface area contributed by atoms with E-state index in [2.05, 4.69) is 10.6 Å². The second kappa shape index (κ2) is 9.88. The molecule has 0 bridgehead atoms. The van der Waals surface area contributed by atoms with Crippen LogP contribution in [0.15, 0.2) is 60.7 Å². The summed E-state index contributed by atoms with van der Waals surface area (Å²) in [5, 5.41) is 5.36. The van der Waals surface area contributed by atoms with Gasteiger partial charge in [-0.05, 0) is 24.0 Å². The van der Waals surface area contributed by atoms with E-state index in [1.54, 1.807) is 31.2 Å². The second-order valence-corrected chi connectivity index (χ2v) is 7.19. The molecule has 1 fully saturated rings. The number of ether oxygens (including phenoxy) is 1. The third kappa shape index (κ3) is 5.09. The Labute approximate surface area is 180 Å². The van der Waals surface area contributed by atoms with Crippen molar-refractivity contribution >= 4 is 23.8 Å². The van der Waals surface area contributed by atoms with Crippen LogP contribution in [0.1, 0.15) is 24.5 Å². The summed E-state index contributed by atoms with van der Waals surface area (Å²) in [6, 6.07) is 17.9. The average molecular weight is 423 g/mol. The lowest BCUT2D eigenvalue weighted by Gasteiger charge is -2.25. The summed E-state index contributed by atoms with van der Waals surface area (Å²) in [5.41, 5.74) is 0.508. The first-order valence-corrected chi connectivity index (χ1v) is 10.1. The number of esters is 1. The van der Waals surface area contributed by atoms with Crippen LogP contribution in [0.3, 0.4) is 0 Å². The van der Waals surface area contributed by atoms with Gasteiger partial charge in [0.25, 0.3) is 11.8 Å². The Hall–Kier alpha value is -3.68. The summed E-state index contributed by atoms with van der Waals surface area (Å²) >= 11 is 0. The fourth-order valence-corrected chi connectivity index (χ4v) is 3.49. The molecule has 0 aromatic heterocycles. The molecule has 2 aromatic carbocycles. The Balaban J connectivity index is 1.49. The van der Waals surface area contributed by atoms with Gasteiger partial charge in [-0.15, -0.1) is 0 Å². The maximum absolute atomic E-state index is 13.0. The van der Waals surface area contributed by atoms with Crippen LogP contribution in [0.5, 0.6) is 0 Å². The third-order valence-corrected chi connectivity index (χ3v) is 5.20. The zero-order chi connectivity index (χ0) is 22.3. The molecule has 8 heteroatoms. The molecule has 2 N–H and O–H groups in total. The highest BCUT2D eigenvalue weighted by molar-refractivity contribution is 6.09. The third-order valence-electron chi connectivity index (χ3n) is 5.20. The minimum absolute atomic E-state index is 0.330. The quantitative estimate of drug-likeness (QED) is 0.472. The van der Waals surface area contributed by atoms with Crippen LogP contribution in [0.25, 0.3) is 0 Å². The molecule has 0 spiro atoms. The Kier molecular flexibility index (Phi) is 7.02. The Bertz CT molecular complexity index is 948. The van der Waals surface area contributed by atoms with Gasteiger partial charge in [-0.3, -0.25) is 19.3 Å². The molecule has 0 aliphatic carbocycles. The van der Waals surface area contributed by atoms with Crippen LogP contribution < -0.4 is 10.6 Å². The lowest BCUT2D eigenvalue weighted by molar-refractivity contribution is -0.151. The minimum atomic E-state index is -1.21. The normalized spacial score (nSPS) is 17.9. The monoisotopic (exact) mass is 423 g/mol. The maximum atomic E-state index is 13.0. The molecule has 4 amide bonds. The number of nitrogens with one attached hydrogen (secondary N) is 2. The van der Waals surface area contributed by atoms with Crippen molar-refractivity contribution in [2.45, 2.75) is 25.3 Å². The molecule has 1 unspecified atom stereocenters. The van der Waals surface area contributed by atoms with Crippen LogP contribution >= 0.6 is 0 Å². The highest BCUT2D eigenvalue weighted by atomic mass is 16.5. The minimum Gasteiger partial charge on any atom is -0.454 e. The van der Waals surface area contributed by atoms with E-state index in [9.17, 15) is 19.2 Å². The van der Waals surface area contributed by atoms with E-state index in [1.807, 2.05) is 36.4 Å². The predicted molar refractivity (Wildman–Crippen MR) is 113 cm³/mol. The van der Waals surface area contributed by atoms with Crippen molar-refractivity contribution < 1.29 is 23.9 Å². The molecule has 2 aromatic rings. The van der Waals surface area contributed by atoms with Gasteiger partial charge < -0.3 is 15.4 Å². The predicted octanol–water partition coefficient (Wildman–Crippen LogP) is 1.75. The first-order chi connectivity index (χ1) is 15.0. The van der Waals surface area contributed by atoms with Gasteiger partial charge in [0.1, 0.15) is 12.1 Å². The van der Waals surface area contributed by atoms with Gasteiger partial charge in [0, 0.05) is 6.54 Å². The van der Waals surface area contributed by atoms with Gasteiger partial charge >= 0.3 is 12.0 Å². The van der Waals surface area contributed by atoms with Gasteiger partial charge in [-0.1, -0.05) is 67.6 Å². The van der Waals surface area contributed by atoms with E-state index in [0.717, 1.165) is 10.5 Å². The number of imide groups is 1. The van der Waals surface area contributed by atoms with Crippen LogP contribution in [0, 0.1) is 0 Å². The summed E-state index contributed by atoms with van der Waals surface area (Å²) in [4.78, 5) is 50.2. The van der Waals surface area contributed by atoms with Gasteiger partial charge in [0.2, 0.25) is 0 Å². The summed E-state index contributed by atoms with van der Waals surface area (Å²) in [7, 11) is 0. The van der Waals surface area contributed by atoms with Gasteiger partial charge in [-0.2, -0.15) is 0 Å². The van der Waals surface area contributed by atoms with Crippen LogP contribution in [-0.2, 0) is 31.1 Å². The molecule has 1 heterocycles. The van der Waals surface area contributed by atoms with Crippen LogP contribution in [-0.4, -0.2) is 48.4 Å². The molecule has 1 saturated heterocycles. The zero-order valence-corrected chi connectivity index (χ0v) is 17.3. The number of rotatable bonds is 9. The van der Waals surface area contributed by atoms with Gasteiger partial charge in [0.05, 0.1) is 0 Å². The smallest absolute Gasteiger partial charge is 0.326 e. The molecule has 0 saturated carbocycles. The van der Waals surface area contributed by atoms with Crippen molar-refractivity contribution in [3.8, 4) is 0 Å². The number of carbonyl (C=O) groups is 4. The molecule has 8 nitrogen and oxygen atoms in total. The molecule has 3 rings (SSSR count). The van der Waals surface area contributed by atoms with Crippen molar-refractivity contribution in [2.75, 3.05) is 19.7 Å². The van der Waals surface area contributed by atoms with Gasteiger partial charge in [-0.25, -0.2) is 4.79 Å². The molecule has 1 aliphatic heterocycles. The van der Waals surface area contributed by atoms with Crippen molar-refractivity contribution in [3.05, 3.63) is 71.8 Å². The fraction of sp³-hybridized carbons (Fsp3) is 0.304. The lowest BCUT2D eigenvalue weighted by atomic mass is 9.87. The molecule has 1 atom stereocenters. The molecule has 0 radical (unpaired) electrons. The molecular weight excluding hydrogens is 398 g/mol. The average Bonchev–Trinajstić information content (AvgIpc) is 3.04. The van der Waals surface area contributed by atoms with E-state index in [0.29, 0.717) is 24.9 Å². The summed E-state index contributed by atoms with van der Waals surface area (Å²) < 4.78 is 4.95. The number of benzene rings is 2. The second-order valence-electron chi connectivity index (χ2n) is 7.19. The number of urea groups is 1. The Morgan fingerprint density at radius 3 is 2.32 bits per heavy atom. The summed E-state index contributed by atoms with van der Waals surface area (Å²) in [6.45, 7) is 1.15. The SMILES string of the molecule is CCC1(c2ccccc2)NC(=O)N(CC(=O)OCC(=O)NCCc2ccccc2)C1=O. The highest BCUT2D eigenvalue weighted by Gasteiger charge is 2.51. The van der Waals surface area contributed by atoms with E-state index in [1.165, 1.54) is 0 Å². The van der Waals surface area contributed by atoms with E-state index in [-0.39, 0.29) is 0 Å². The molecule has 31 heavy (non-hydrogen) atoms. The number of hydrogen-bond acceptors (Lipinski definition) is 5. The molecular formula is C23H25N3O5. The Morgan fingerprint density at radius 1 is 1.03 bits per heavy atom. The Morgan fingerprint density at radius 2 is 1.68 bits per heavy atom. The first kappa shape index (κ1) is 22.0. The van der Waals surface area contributed by atoms with Crippen molar-refractivity contribution in [2.24, 2.45) is 0 Å². The van der Waals surface area contributed by atoms with Crippen LogP contribution in [0.2, 0.25) is 0 Å². The first-order valence-electron chi connectivity index (χ1n) is 10.1. The maximum Gasteiger partial charge on any atom is 0.326 e. The lowest BCUT2D eigenvalue weighted by Crippen LogP contribution is -2.44. The summed E-state index contributed by atoms with van der Waals surface area (Å²) in [6.07, 6.45) is 0.985. The van der Waals surface area contributed by atoms with E-state index >= 15 is 0 Å². The largest absolute Gasteiger partial charge is 0.454 e.